The van der Waals surface area contributed by atoms with Crippen LogP contribution in [0.4, 0.5) is 16.2 Å². The summed E-state index contributed by atoms with van der Waals surface area (Å²) in [7, 11) is 3.27. The zero-order valence-electron chi connectivity index (χ0n) is 31.0. The number of halogens is 2. The molecule has 0 bridgehead atoms. The van der Waals surface area contributed by atoms with E-state index in [-0.39, 0.29) is 12.5 Å². The second-order valence-corrected chi connectivity index (χ2v) is 14.7. The number of nitrogens with zero attached hydrogens (tertiary/aromatic N) is 3. The van der Waals surface area contributed by atoms with Crippen molar-refractivity contribution >= 4 is 90.2 Å². The lowest BCUT2D eigenvalue weighted by Crippen LogP contribution is -2.43. The van der Waals surface area contributed by atoms with Crippen molar-refractivity contribution in [1.82, 2.24) is 20.2 Å². The van der Waals surface area contributed by atoms with Gasteiger partial charge in [-0.25, -0.2) is 14.8 Å². The molecular formula is C41H44Cl2N6O5. The smallest absolute Gasteiger partial charge is 0.408 e. The van der Waals surface area contributed by atoms with E-state index in [0.717, 1.165) is 66.5 Å². The second-order valence-electron chi connectivity index (χ2n) is 13.9. The minimum absolute atomic E-state index is 0.184. The van der Waals surface area contributed by atoms with Gasteiger partial charge in [0.05, 0.1) is 47.7 Å². The van der Waals surface area contributed by atoms with Crippen LogP contribution in [0.1, 0.15) is 33.6 Å². The molecule has 0 aliphatic rings. The maximum Gasteiger partial charge on any atom is 0.408 e. The first-order valence-electron chi connectivity index (χ1n) is 17.8. The molecule has 0 aliphatic carbocycles. The first-order chi connectivity index (χ1) is 25.9. The molecule has 13 heteroatoms. The van der Waals surface area contributed by atoms with Gasteiger partial charge in [0.15, 0.2) is 0 Å². The number of fused-ring (bicyclic) bond motifs is 4. The van der Waals surface area contributed by atoms with Gasteiger partial charge in [-0.15, -0.1) is 0 Å². The van der Waals surface area contributed by atoms with Crippen LogP contribution in [-0.4, -0.2) is 79.4 Å². The van der Waals surface area contributed by atoms with Crippen LogP contribution in [0.5, 0.6) is 11.5 Å². The molecule has 0 saturated heterocycles. The fourth-order valence-electron chi connectivity index (χ4n) is 6.33. The Hall–Kier alpha value is -5.26. The van der Waals surface area contributed by atoms with Crippen LogP contribution in [0, 0.1) is 0 Å². The Morgan fingerprint density at radius 2 is 1.15 bits per heavy atom. The van der Waals surface area contributed by atoms with E-state index in [1.165, 1.54) is 0 Å². The van der Waals surface area contributed by atoms with Gasteiger partial charge >= 0.3 is 6.09 Å². The summed E-state index contributed by atoms with van der Waals surface area (Å²) < 4.78 is 16.4. The molecule has 0 atom stereocenters. The van der Waals surface area contributed by atoms with Crippen molar-refractivity contribution < 1.29 is 23.8 Å². The Bertz CT molecular complexity index is 2190. The summed E-state index contributed by atoms with van der Waals surface area (Å²) in [5, 5.41) is 14.7. The van der Waals surface area contributed by atoms with Crippen LogP contribution in [0.3, 0.4) is 0 Å². The van der Waals surface area contributed by atoms with E-state index in [2.05, 4.69) is 16.0 Å². The van der Waals surface area contributed by atoms with Gasteiger partial charge in [-0.1, -0.05) is 23.2 Å². The number of anilines is 2. The molecule has 11 nitrogen and oxygen atoms in total. The minimum Gasteiger partial charge on any atom is -0.497 e. The molecule has 0 spiro atoms. The van der Waals surface area contributed by atoms with Gasteiger partial charge < -0.3 is 35.1 Å². The third kappa shape index (κ3) is 9.26. The molecule has 0 unspecified atom stereocenters. The largest absolute Gasteiger partial charge is 0.497 e. The molecule has 0 aliphatic heterocycles. The molecule has 0 saturated carbocycles. The van der Waals surface area contributed by atoms with Crippen molar-refractivity contribution in [2.45, 2.75) is 39.2 Å². The number of aromatic nitrogens is 2. The summed E-state index contributed by atoms with van der Waals surface area (Å²) >= 11 is 12.6. The molecule has 3 N–H and O–H groups in total. The van der Waals surface area contributed by atoms with E-state index in [0.29, 0.717) is 49.1 Å². The predicted molar refractivity (Wildman–Crippen MR) is 219 cm³/mol. The number of ether oxygens (including phenoxy) is 3. The highest BCUT2D eigenvalue weighted by molar-refractivity contribution is 6.32. The van der Waals surface area contributed by atoms with Gasteiger partial charge in [0.1, 0.15) is 23.6 Å². The number of amides is 2. The fourth-order valence-corrected chi connectivity index (χ4v) is 6.66. The van der Waals surface area contributed by atoms with Gasteiger partial charge in [-0.3, -0.25) is 4.79 Å². The monoisotopic (exact) mass is 770 g/mol. The number of carbonyl (C=O) groups is 2. The van der Waals surface area contributed by atoms with Crippen LogP contribution in [-0.2, 0) is 9.53 Å². The van der Waals surface area contributed by atoms with Gasteiger partial charge in [-0.2, -0.15) is 0 Å². The molecule has 6 rings (SSSR count). The molecule has 2 heterocycles. The molecule has 2 aromatic heterocycles. The summed E-state index contributed by atoms with van der Waals surface area (Å²) in [6, 6.07) is 22.8. The van der Waals surface area contributed by atoms with Crippen LogP contribution in [0.2, 0.25) is 10.0 Å². The number of carbonyl (C=O) groups excluding carboxylic acids is 2. The number of benzene rings is 4. The van der Waals surface area contributed by atoms with E-state index < -0.39 is 11.7 Å². The highest BCUT2D eigenvalue weighted by Crippen LogP contribution is 2.35. The molecule has 282 valence electrons. The van der Waals surface area contributed by atoms with Crippen molar-refractivity contribution in [3.63, 3.8) is 0 Å². The fraction of sp³-hybridized carbons (Fsp3) is 0.317. The molecule has 4 aromatic carbocycles. The van der Waals surface area contributed by atoms with Crippen LogP contribution in [0.15, 0.2) is 72.8 Å². The lowest BCUT2D eigenvalue weighted by atomic mass is 10.1. The molecule has 0 radical (unpaired) electrons. The topological polar surface area (TPSA) is 127 Å². The molecule has 0 fully saturated rings. The number of methoxy groups -OCH3 is 2. The van der Waals surface area contributed by atoms with Crippen molar-refractivity contribution in [2.75, 3.05) is 57.6 Å². The Morgan fingerprint density at radius 3 is 1.59 bits per heavy atom. The third-order valence-corrected chi connectivity index (χ3v) is 9.31. The average Bonchev–Trinajstić information content (AvgIpc) is 3.14. The lowest BCUT2D eigenvalue weighted by molar-refractivity contribution is -0.130. The summed E-state index contributed by atoms with van der Waals surface area (Å²) in [5.74, 6) is 1.23. The van der Waals surface area contributed by atoms with Gasteiger partial charge in [0.25, 0.3) is 0 Å². The highest BCUT2D eigenvalue weighted by Gasteiger charge is 2.20. The van der Waals surface area contributed by atoms with E-state index >= 15 is 0 Å². The number of hydrogen-bond acceptors (Lipinski definition) is 9. The SMILES string of the molecule is COc1ccc2nc3cc(Cl)ccc3c(NCCCN(CCCNc3c4ccc(Cl)cc4nc4ccc(OC)cc34)C(=O)CNC(=O)OC(C)(C)C)c2c1. The number of hydrogen-bond donors (Lipinski definition) is 3. The molecular weight excluding hydrogens is 727 g/mol. The minimum atomic E-state index is -0.683. The van der Waals surface area contributed by atoms with Crippen LogP contribution < -0.4 is 25.4 Å². The number of alkyl carbamates (subject to hydrolysis) is 1. The summed E-state index contributed by atoms with van der Waals surface area (Å²) in [5.41, 5.74) is 4.30. The average molecular weight is 772 g/mol. The Morgan fingerprint density at radius 1 is 0.667 bits per heavy atom. The summed E-state index contributed by atoms with van der Waals surface area (Å²) in [4.78, 5) is 37.4. The normalized spacial score (nSPS) is 11.5. The van der Waals surface area contributed by atoms with Crippen molar-refractivity contribution in [1.29, 1.82) is 0 Å². The van der Waals surface area contributed by atoms with Gasteiger partial charge in [0.2, 0.25) is 5.91 Å². The van der Waals surface area contributed by atoms with E-state index in [4.69, 9.17) is 47.4 Å². The van der Waals surface area contributed by atoms with Gasteiger partial charge in [0, 0.05) is 57.8 Å². The lowest BCUT2D eigenvalue weighted by Gasteiger charge is -2.25. The van der Waals surface area contributed by atoms with Crippen molar-refractivity contribution in [2.24, 2.45) is 0 Å². The van der Waals surface area contributed by atoms with Gasteiger partial charge in [-0.05, 0) is 106 Å². The zero-order chi connectivity index (χ0) is 38.4. The Balaban J connectivity index is 1.17. The van der Waals surface area contributed by atoms with Crippen molar-refractivity contribution in [3.8, 4) is 11.5 Å². The third-order valence-electron chi connectivity index (χ3n) is 8.83. The molecule has 6 aromatic rings. The predicted octanol–water partition coefficient (Wildman–Crippen LogP) is 9.07. The molecule has 54 heavy (non-hydrogen) atoms. The number of rotatable bonds is 14. The summed E-state index contributed by atoms with van der Waals surface area (Å²) in [6.45, 7) is 7.19. The second kappa shape index (κ2) is 16.8. The quantitative estimate of drug-likeness (QED) is 0.0735. The summed E-state index contributed by atoms with van der Waals surface area (Å²) in [6.07, 6.45) is 0.627. The first kappa shape index (κ1) is 38.5. The standard InChI is InChI=1S/C41H44Cl2N6O5/c1-41(2,3)54-40(51)46-24-37(50)49(18-6-16-44-38-29-12-8-25(42)20-35(29)47-33-14-10-27(52-4)22-31(33)38)19-7-17-45-39-30-13-9-26(43)21-36(30)48-34-15-11-28(53-5)23-32(34)39/h8-15,20-23H,6-7,16-19,24H2,1-5H3,(H,44,47)(H,45,48)(H,46,51). The maximum atomic E-state index is 13.6. The number of nitrogens with one attached hydrogen (secondary N) is 3. The van der Waals surface area contributed by atoms with Crippen LogP contribution >= 0.6 is 23.2 Å². The number of pyridine rings is 2. The Kier molecular flexibility index (Phi) is 12.0. The van der Waals surface area contributed by atoms with E-state index in [9.17, 15) is 9.59 Å². The maximum absolute atomic E-state index is 13.6. The van der Waals surface area contributed by atoms with E-state index in [1.54, 1.807) is 39.9 Å². The van der Waals surface area contributed by atoms with Crippen LogP contribution in [0.25, 0.3) is 43.6 Å². The zero-order valence-corrected chi connectivity index (χ0v) is 32.5. The highest BCUT2D eigenvalue weighted by atomic mass is 35.5. The molecule has 2 amide bonds. The Labute approximate surface area is 324 Å². The first-order valence-corrected chi connectivity index (χ1v) is 18.5. The van der Waals surface area contributed by atoms with Crippen molar-refractivity contribution in [3.05, 3.63) is 82.8 Å². The van der Waals surface area contributed by atoms with E-state index in [1.807, 2.05) is 72.8 Å².